The largest absolute Gasteiger partial charge is 0.379 e. The lowest BCUT2D eigenvalue weighted by atomic mass is 9.96. The number of nitrogens with zero attached hydrogens (tertiary/aromatic N) is 5. The molecular weight excluding hydrogens is 456 g/mol. The highest BCUT2D eigenvalue weighted by molar-refractivity contribution is 7.80. The molecule has 2 fully saturated rings. The SMILES string of the molecule is Cc1ccc(-n2c(C)cc([C@H]3[C@@H](c4ccccn4)NC(=S)N3CCCN3CCOCC3)c2C)nc1. The molecule has 0 bridgehead atoms. The van der Waals surface area contributed by atoms with Crippen LogP contribution in [0, 0.1) is 20.8 Å². The molecule has 5 rings (SSSR count). The van der Waals surface area contributed by atoms with Crippen molar-refractivity contribution in [2.24, 2.45) is 0 Å². The second kappa shape index (κ2) is 10.4. The smallest absolute Gasteiger partial charge is 0.170 e. The van der Waals surface area contributed by atoms with Crippen molar-refractivity contribution in [2.75, 3.05) is 39.4 Å². The van der Waals surface area contributed by atoms with E-state index in [2.05, 4.69) is 64.7 Å². The van der Waals surface area contributed by atoms with Gasteiger partial charge in [0, 0.05) is 50.0 Å². The maximum atomic E-state index is 5.89. The second-order valence-corrected chi connectivity index (χ2v) is 9.87. The second-order valence-electron chi connectivity index (χ2n) is 9.48. The Labute approximate surface area is 213 Å². The Balaban J connectivity index is 1.47. The van der Waals surface area contributed by atoms with E-state index in [1.54, 1.807) is 0 Å². The number of hydrogen-bond acceptors (Lipinski definition) is 5. The molecule has 2 aliphatic heterocycles. The van der Waals surface area contributed by atoms with E-state index in [0.717, 1.165) is 68.0 Å². The summed E-state index contributed by atoms with van der Waals surface area (Å²) in [4.78, 5) is 14.2. The summed E-state index contributed by atoms with van der Waals surface area (Å²) in [5, 5.41) is 4.39. The number of ether oxygens (including phenoxy) is 1. The van der Waals surface area contributed by atoms with Gasteiger partial charge in [-0.15, -0.1) is 0 Å². The lowest BCUT2D eigenvalue weighted by molar-refractivity contribution is 0.0365. The molecule has 0 spiro atoms. The van der Waals surface area contributed by atoms with Gasteiger partial charge in [-0.05, 0) is 74.8 Å². The summed E-state index contributed by atoms with van der Waals surface area (Å²) >= 11 is 5.89. The normalized spacial score (nSPS) is 20.9. The van der Waals surface area contributed by atoms with Crippen molar-refractivity contribution in [3.05, 3.63) is 77.0 Å². The highest BCUT2D eigenvalue weighted by Gasteiger charge is 2.41. The molecule has 5 heterocycles. The van der Waals surface area contributed by atoms with E-state index in [0.29, 0.717) is 0 Å². The first kappa shape index (κ1) is 23.9. The van der Waals surface area contributed by atoms with Gasteiger partial charge in [-0.2, -0.15) is 0 Å². The summed E-state index contributed by atoms with van der Waals surface area (Å²) in [6, 6.07) is 12.6. The van der Waals surface area contributed by atoms with Gasteiger partial charge in [-0.25, -0.2) is 4.98 Å². The van der Waals surface area contributed by atoms with Gasteiger partial charge in [0.25, 0.3) is 0 Å². The molecule has 2 atom stereocenters. The predicted molar refractivity (Wildman–Crippen MR) is 142 cm³/mol. The Morgan fingerprint density at radius 3 is 2.60 bits per heavy atom. The highest BCUT2D eigenvalue weighted by atomic mass is 32.1. The van der Waals surface area contributed by atoms with Crippen molar-refractivity contribution >= 4 is 17.3 Å². The summed E-state index contributed by atoms with van der Waals surface area (Å²) < 4.78 is 7.75. The first-order valence-corrected chi connectivity index (χ1v) is 12.8. The molecule has 0 saturated carbocycles. The molecule has 35 heavy (non-hydrogen) atoms. The number of aryl methyl sites for hydroxylation is 2. The average molecular weight is 491 g/mol. The lowest BCUT2D eigenvalue weighted by Gasteiger charge is -2.30. The zero-order valence-corrected chi connectivity index (χ0v) is 21.6. The minimum absolute atomic E-state index is 0.00739. The standard InChI is InChI=1S/C27H34N6OS/c1-19-8-9-24(29-18-19)33-20(2)17-22(21(33)3)26-25(23-7-4-5-10-28-23)30-27(35)32(26)12-6-11-31-13-15-34-16-14-31/h4-5,7-10,17-18,25-26H,6,11-16H2,1-3H3,(H,30,35)/t25-,26+/m1/s1. The third-order valence-corrected chi connectivity index (χ3v) is 7.44. The molecular formula is C27H34N6OS. The van der Waals surface area contributed by atoms with E-state index >= 15 is 0 Å². The number of aromatic nitrogens is 3. The van der Waals surface area contributed by atoms with E-state index in [-0.39, 0.29) is 12.1 Å². The van der Waals surface area contributed by atoms with Crippen LogP contribution in [0.3, 0.4) is 0 Å². The van der Waals surface area contributed by atoms with Gasteiger partial charge in [-0.1, -0.05) is 12.1 Å². The Kier molecular flexibility index (Phi) is 7.13. The van der Waals surface area contributed by atoms with Crippen LogP contribution in [-0.2, 0) is 4.74 Å². The van der Waals surface area contributed by atoms with Crippen molar-refractivity contribution in [3.63, 3.8) is 0 Å². The van der Waals surface area contributed by atoms with Crippen molar-refractivity contribution < 1.29 is 4.74 Å². The zero-order chi connectivity index (χ0) is 24.4. The summed E-state index contributed by atoms with van der Waals surface area (Å²) in [5.41, 5.74) is 5.78. The van der Waals surface area contributed by atoms with E-state index in [1.807, 2.05) is 24.5 Å². The van der Waals surface area contributed by atoms with Gasteiger partial charge in [0.1, 0.15) is 5.82 Å². The molecule has 0 amide bonds. The minimum Gasteiger partial charge on any atom is -0.379 e. The minimum atomic E-state index is -0.00739. The topological polar surface area (TPSA) is 58.5 Å². The fraction of sp³-hybridized carbons (Fsp3) is 0.444. The van der Waals surface area contributed by atoms with E-state index in [4.69, 9.17) is 26.9 Å². The van der Waals surface area contributed by atoms with E-state index < -0.39 is 0 Å². The predicted octanol–water partition coefficient (Wildman–Crippen LogP) is 3.89. The van der Waals surface area contributed by atoms with Gasteiger partial charge in [0.05, 0.1) is 31.0 Å². The maximum absolute atomic E-state index is 5.89. The van der Waals surface area contributed by atoms with Crippen LogP contribution in [0.4, 0.5) is 0 Å². The number of nitrogens with one attached hydrogen (secondary N) is 1. The Morgan fingerprint density at radius 1 is 1.06 bits per heavy atom. The van der Waals surface area contributed by atoms with Gasteiger partial charge in [0.15, 0.2) is 5.11 Å². The fourth-order valence-electron chi connectivity index (χ4n) is 5.31. The Bertz CT molecular complexity index is 1160. The Hall–Kier alpha value is -2.81. The molecule has 0 radical (unpaired) electrons. The van der Waals surface area contributed by atoms with E-state index in [9.17, 15) is 0 Å². The number of morpholine rings is 1. The molecule has 2 saturated heterocycles. The first-order valence-electron chi connectivity index (χ1n) is 12.4. The van der Waals surface area contributed by atoms with E-state index in [1.165, 1.54) is 17.0 Å². The zero-order valence-electron chi connectivity index (χ0n) is 20.8. The molecule has 3 aromatic rings. The van der Waals surface area contributed by atoms with Crippen LogP contribution in [0.25, 0.3) is 5.82 Å². The van der Waals surface area contributed by atoms with Crippen molar-refractivity contribution in [1.82, 2.24) is 29.7 Å². The average Bonchev–Trinajstić information content (AvgIpc) is 3.36. The van der Waals surface area contributed by atoms with Crippen LogP contribution in [0.5, 0.6) is 0 Å². The summed E-state index contributed by atoms with van der Waals surface area (Å²) in [6.07, 6.45) is 4.83. The Morgan fingerprint density at radius 2 is 1.89 bits per heavy atom. The molecule has 0 aliphatic carbocycles. The van der Waals surface area contributed by atoms with Crippen molar-refractivity contribution in [2.45, 2.75) is 39.3 Å². The summed E-state index contributed by atoms with van der Waals surface area (Å²) in [6.45, 7) is 12.0. The molecule has 3 aromatic heterocycles. The monoisotopic (exact) mass is 490 g/mol. The third kappa shape index (κ3) is 4.96. The van der Waals surface area contributed by atoms with Gasteiger partial charge < -0.3 is 19.5 Å². The van der Waals surface area contributed by atoms with Gasteiger partial charge in [0.2, 0.25) is 0 Å². The lowest BCUT2D eigenvalue weighted by Crippen LogP contribution is -2.39. The third-order valence-electron chi connectivity index (χ3n) is 7.09. The number of rotatable bonds is 7. The molecule has 1 N–H and O–H groups in total. The van der Waals surface area contributed by atoms with Crippen LogP contribution in [0.15, 0.2) is 48.8 Å². The maximum Gasteiger partial charge on any atom is 0.170 e. The van der Waals surface area contributed by atoms with Crippen LogP contribution >= 0.6 is 12.2 Å². The fourth-order valence-corrected chi connectivity index (χ4v) is 5.64. The van der Waals surface area contributed by atoms with Crippen molar-refractivity contribution in [1.29, 1.82) is 0 Å². The molecule has 8 heteroatoms. The number of hydrogen-bond donors (Lipinski definition) is 1. The first-order chi connectivity index (χ1) is 17.0. The quantitative estimate of drug-likeness (QED) is 0.504. The van der Waals surface area contributed by atoms with Crippen LogP contribution in [0.2, 0.25) is 0 Å². The van der Waals surface area contributed by atoms with Crippen LogP contribution < -0.4 is 5.32 Å². The summed E-state index contributed by atoms with van der Waals surface area (Å²) in [5.74, 6) is 0.943. The van der Waals surface area contributed by atoms with Crippen LogP contribution in [0.1, 0.15) is 46.7 Å². The number of thiocarbonyl (C=S) groups is 1. The summed E-state index contributed by atoms with van der Waals surface area (Å²) in [7, 11) is 0. The van der Waals surface area contributed by atoms with Gasteiger partial charge in [-0.3, -0.25) is 9.88 Å². The molecule has 184 valence electrons. The highest BCUT2D eigenvalue weighted by Crippen LogP contribution is 2.41. The van der Waals surface area contributed by atoms with Crippen LogP contribution in [-0.4, -0.2) is 68.8 Å². The molecule has 2 aliphatic rings. The molecule has 0 unspecified atom stereocenters. The molecule has 0 aromatic carbocycles. The molecule has 7 nitrogen and oxygen atoms in total. The number of pyridine rings is 2. The van der Waals surface area contributed by atoms with Gasteiger partial charge >= 0.3 is 0 Å². The van der Waals surface area contributed by atoms with Crippen molar-refractivity contribution in [3.8, 4) is 5.82 Å².